The molecule has 2 rings (SSSR count). The fourth-order valence-corrected chi connectivity index (χ4v) is 2.77. The normalized spacial score (nSPS) is 19.8. The first-order valence-corrected chi connectivity index (χ1v) is 7.42. The van der Waals surface area contributed by atoms with E-state index in [1.807, 2.05) is 31.3 Å². The van der Waals surface area contributed by atoms with Crippen molar-refractivity contribution in [1.29, 1.82) is 0 Å². The number of likely N-dealkylation sites (N-methyl/N-ethyl adjacent to an activating group) is 2. The van der Waals surface area contributed by atoms with Crippen molar-refractivity contribution < 1.29 is 4.79 Å². The molecule has 0 aliphatic carbocycles. The third-order valence-electron chi connectivity index (χ3n) is 3.87. The predicted molar refractivity (Wildman–Crippen MR) is 82.1 cm³/mol. The zero-order chi connectivity index (χ0) is 14.4. The molecule has 0 radical (unpaired) electrons. The summed E-state index contributed by atoms with van der Waals surface area (Å²) in [4.78, 5) is 14.7. The molecule has 0 saturated carbocycles. The third kappa shape index (κ3) is 4.05. The van der Waals surface area contributed by atoms with Crippen LogP contribution in [0.3, 0.4) is 0 Å². The molecule has 1 atom stereocenters. The number of piperidine rings is 1. The Balaban J connectivity index is 2.01. The molecule has 1 heterocycles. The summed E-state index contributed by atoms with van der Waals surface area (Å²) >= 11 is 0. The molecule has 1 saturated heterocycles. The lowest BCUT2D eigenvalue weighted by Gasteiger charge is -2.30. The van der Waals surface area contributed by atoms with Crippen molar-refractivity contribution in [2.45, 2.75) is 25.3 Å². The van der Waals surface area contributed by atoms with Crippen LogP contribution in [0.5, 0.6) is 0 Å². The summed E-state index contributed by atoms with van der Waals surface area (Å²) in [6.45, 7) is 2.96. The molecule has 1 aromatic carbocycles. The number of carbonyl (C=O) groups excluding carboxylic acids is 1. The number of carbonyl (C=O) groups is 1. The van der Waals surface area contributed by atoms with Crippen molar-refractivity contribution in [2.75, 3.05) is 33.7 Å². The van der Waals surface area contributed by atoms with Crippen LogP contribution in [-0.4, -0.2) is 50.6 Å². The second-order valence-corrected chi connectivity index (χ2v) is 5.59. The molecule has 20 heavy (non-hydrogen) atoms. The summed E-state index contributed by atoms with van der Waals surface area (Å²) in [7, 11) is 4.04. The second kappa shape index (κ2) is 7.41. The van der Waals surface area contributed by atoms with Crippen LogP contribution in [0.25, 0.3) is 0 Å². The lowest BCUT2D eigenvalue weighted by atomic mass is 10.0. The molecule has 110 valence electrons. The van der Waals surface area contributed by atoms with Crippen molar-refractivity contribution in [3.05, 3.63) is 35.4 Å². The van der Waals surface area contributed by atoms with Crippen molar-refractivity contribution in [1.82, 2.24) is 15.5 Å². The number of amides is 1. The summed E-state index contributed by atoms with van der Waals surface area (Å²) in [5.41, 5.74) is 1.93. The minimum Gasteiger partial charge on any atom is -0.348 e. The quantitative estimate of drug-likeness (QED) is 0.850. The number of likely N-dealkylation sites (tertiary alicyclic amines) is 1. The summed E-state index contributed by atoms with van der Waals surface area (Å²) in [6.07, 6.45) is 3.11. The molecule has 0 bridgehead atoms. The van der Waals surface area contributed by atoms with Crippen LogP contribution in [-0.2, 0) is 6.42 Å². The van der Waals surface area contributed by atoms with Gasteiger partial charge >= 0.3 is 0 Å². The van der Waals surface area contributed by atoms with Gasteiger partial charge < -0.3 is 15.5 Å². The average molecular weight is 275 g/mol. The number of hydrogen-bond acceptors (Lipinski definition) is 3. The zero-order valence-electron chi connectivity index (χ0n) is 12.5. The first-order valence-electron chi connectivity index (χ1n) is 7.42. The first-order chi connectivity index (χ1) is 9.70. The van der Waals surface area contributed by atoms with Crippen LogP contribution in [0, 0.1) is 0 Å². The maximum atomic E-state index is 12.5. The lowest BCUT2D eigenvalue weighted by molar-refractivity contribution is 0.0911. The van der Waals surface area contributed by atoms with E-state index in [0.29, 0.717) is 0 Å². The van der Waals surface area contributed by atoms with Gasteiger partial charge in [0.1, 0.15) is 0 Å². The Bertz CT molecular complexity index is 447. The largest absolute Gasteiger partial charge is 0.348 e. The number of nitrogens with one attached hydrogen (secondary N) is 2. The second-order valence-electron chi connectivity index (χ2n) is 5.59. The summed E-state index contributed by atoms with van der Waals surface area (Å²) < 4.78 is 0. The van der Waals surface area contributed by atoms with Gasteiger partial charge in [-0.2, -0.15) is 0 Å². The van der Waals surface area contributed by atoms with E-state index in [0.717, 1.165) is 50.0 Å². The minimum absolute atomic E-state index is 0.0667. The summed E-state index contributed by atoms with van der Waals surface area (Å²) in [6, 6.07) is 8.17. The van der Waals surface area contributed by atoms with E-state index in [1.54, 1.807) is 0 Å². The van der Waals surface area contributed by atoms with Crippen LogP contribution in [0.2, 0.25) is 0 Å². The van der Waals surface area contributed by atoms with Gasteiger partial charge in [-0.3, -0.25) is 4.79 Å². The highest BCUT2D eigenvalue weighted by atomic mass is 16.1. The Hall–Kier alpha value is -1.39. The molecule has 1 fully saturated rings. The summed E-state index contributed by atoms with van der Waals surface area (Å²) in [5.74, 6) is 0.0667. The van der Waals surface area contributed by atoms with Gasteiger partial charge in [-0.15, -0.1) is 0 Å². The van der Waals surface area contributed by atoms with Crippen LogP contribution < -0.4 is 10.6 Å². The zero-order valence-corrected chi connectivity index (χ0v) is 12.5. The molecule has 4 nitrogen and oxygen atoms in total. The monoisotopic (exact) mass is 275 g/mol. The van der Waals surface area contributed by atoms with E-state index >= 15 is 0 Å². The standard InChI is InChI=1S/C16H25N3O/c1-17-10-9-13-6-3-4-8-15(13)16(20)18-14-7-5-11-19(2)12-14/h3-4,6,8,14,17H,5,7,9-12H2,1-2H3,(H,18,20). The Kier molecular flexibility index (Phi) is 5.56. The smallest absolute Gasteiger partial charge is 0.251 e. The molecule has 1 aliphatic heterocycles. The highest BCUT2D eigenvalue weighted by Crippen LogP contribution is 2.12. The van der Waals surface area contributed by atoms with E-state index in [4.69, 9.17) is 0 Å². The Labute approximate surface area is 121 Å². The minimum atomic E-state index is 0.0667. The van der Waals surface area contributed by atoms with E-state index in [1.165, 1.54) is 0 Å². The van der Waals surface area contributed by atoms with E-state index in [2.05, 4.69) is 22.6 Å². The molecule has 2 N–H and O–H groups in total. The van der Waals surface area contributed by atoms with Crippen molar-refractivity contribution >= 4 is 5.91 Å². The maximum Gasteiger partial charge on any atom is 0.251 e. The number of rotatable bonds is 5. The van der Waals surface area contributed by atoms with Gasteiger partial charge in [-0.25, -0.2) is 0 Å². The van der Waals surface area contributed by atoms with Gasteiger partial charge in [0.2, 0.25) is 0 Å². The molecular formula is C16H25N3O. The molecule has 1 aliphatic rings. The molecule has 4 heteroatoms. The fourth-order valence-electron chi connectivity index (χ4n) is 2.77. The molecule has 0 spiro atoms. The number of benzene rings is 1. The van der Waals surface area contributed by atoms with Gasteiger partial charge in [0.05, 0.1) is 0 Å². The number of hydrogen-bond donors (Lipinski definition) is 2. The first kappa shape index (κ1) is 15.0. The van der Waals surface area contributed by atoms with Crippen molar-refractivity contribution in [3.8, 4) is 0 Å². The maximum absolute atomic E-state index is 12.5. The van der Waals surface area contributed by atoms with Crippen LogP contribution in [0.15, 0.2) is 24.3 Å². The van der Waals surface area contributed by atoms with Gasteiger partial charge in [0.15, 0.2) is 0 Å². The van der Waals surface area contributed by atoms with Gasteiger partial charge in [0.25, 0.3) is 5.91 Å². The molecule has 1 amide bonds. The molecule has 1 aromatic rings. The Morgan fingerprint density at radius 1 is 1.40 bits per heavy atom. The molecular weight excluding hydrogens is 250 g/mol. The number of nitrogens with zero attached hydrogens (tertiary/aromatic N) is 1. The highest BCUT2D eigenvalue weighted by molar-refractivity contribution is 5.95. The van der Waals surface area contributed by atoms with Gasteiger partial charge in [0, 0.05) is 18.2 Å². The molecule has 1 unspecified atom stereocenters. The average Bonchev–Trinajstić information content (AvgIpc) is 2.45. The van der Waals surface area contributed by atoms with Crippen LogP contribution in [0.1, 0.15) is 28.8 Å². The van der Waals surface area contributed by atoms with Crippen LogP contribution >= 0.6 is 0 Å². The van der Waals surface area contributed by atoms with Gasteiger partial charge in [-0.1, -0.05) is 18.2 Å². The van der Waals surface area contributed by atoms with Crippen LogP contribution in [0.4, 0.5) is 0 Å². The lowest BCUT2D eigenvalue weighted by Crippen LogP contribution is -2.46. The van der Waals surface area contributed by atoms with E-state index in [-0.39, 0.29) is 11.9 Å². The highest BCUT2D eigenvalue weighted by Gasteiger charge is 2.20. The van der Waals surface area contributed by atoms with E-state index < -0.39 is 0 Å². The Morgan fingerprint density at radius 2 is 2.20 bits per heavy atom. The third-order valence-corrected chi connectivity index (χ3v) is 3.87. The SMILES string of the molecule is CNCCc1ccccc1C(=O)NC1CCCN(C)C1. The van der Waals surface area contributed by atoms with Crippen molar-refractivity contribution in [3.63, 3.8) is 0 Å². The van der Waals surface area contributed by atoms with Crippen molar-refractivity contribution in [2.24, 2.45) is 0 Å². The predicted octanol–water partition coefficient (Wildman–Crippen LogP) is 1.27. The summed E-state index contributed by atoms with van der Waals surface area (Å²) in [5, 5.41) is 6.31. The Morgan fingerprint density at radius 3 is 2.95 bits per heavy atom. The fraction of sp³-hybridized carbons (Fsp3) is 0.562. The van der Waals surface area contributed by atoms with E-state index in [9.17, 15) is 4.79 Å². The topological polar surface area (TPSA) is 44.4 Å². The van der Waals surface area contributed by atoms with Gasteiger partial charge in [-0.05, 0) is 58.1 Å². The molecule has 0 aromatic heterocycles.